The van der Waals surface area contributed by atoms with Crippen molar-refractivity contribution in [2.75, 3.05) is 7.11 Å². The average molecular weight is 269 g/mol. The molecule has 0 aliphatic rings. The fourth-order valence-electron chi connectivity index (χ4n) is 1.75. The van der Waals surface area contributed by atoms with Gasteiger partial charge in [0.2, 0.25) is 0 Å². The minimum atomic E-state index is -0.311. The van der Waals surface area contributed by atoms with Crippen molar-refractivity contribution in [1.82, 2.24) is 0 Å². The molecule has 0 bridgehead atoms. The highest BCUT2D eigenvalue weighted by atomic mass is 16.5. The zero-order chi connectivity index (χ0) is 14.2. The van der Waals surface area contributed by atoms with Gasteiger partial charge in [-0.25, -0.2) is 0 Å². The highest BCUT2D eigenvalue weighted by Crippen LogP contribution is 2.15. The van der Waals surface area contributed by atoms with Gasteiger partial charge >= 0.3 is 5.97 Å². The lowest BCUT2D eigenvalue weighted by Crippen LogP contribution is -2.03. The second-order valence-corrected chi connectivity index (χ2v) is 4.35. The smallest absolute Gasteiger partial charge is 0.309 e. The third-order valence-electron chi connectivity index (χ3n) is 2.88. The number of ether oxygens (including phenoxy) is 2. The third kappa shape index (κ3) is 4.43. The van der Waals surface area contributed by atoms with Crippen LogP contribution in [0.15, 0.2) is 54.6 Å². The molecule has 1 radical (unpaired) electrons. The van der Waals surface area contributed by atoms with Crippen LogP contribution in [0.3, 0.4) is 0 Å². The molecule has 0 atom stereocenters. The molecule has 0 amide bonds. The lowest BCUT2D eigenvalue weighted by atomic mass is 10.1. The molecule has 3 heteroatoms. The zero-order valence-corrected chi connectivity index (χ0v) is 11.4. The summed E-state index contributed by atoms with van der Waals surface area (Å²) in [4.78, 5) is 11.0. The van der Waals surface area contributed by atoms with Crippen LogP contribution in [-0.2, 0) is 22.6 Å². The van der Waals surface area contributed by atoms with Gasteiger partial charge < -0.3 is 9.47 Å². The molecule has 0 saturated carbocycles. The predicted octanol–water partition coefficient (Wildman–Crippen LogP) is 3.19. The first kappa shape index (κ1) is 14.1. The molecule has 2 rings (SSSR count). The highest BCUT2D eigenvalue weighted by molar-refractivity contribution is 5.79. The molecule has 0 spiro atoms. The van der Waals surface area contributed by atoms with E-state index in [-0.39, 0.29) is 5.97 Å². The van der Waals surface area contributed by atoms with E-state index in [2.05, 4.69) is 4.74 Å². The highest BCUT2D eigenvalue weighted by Gasteiger charge is 2.02. The van der Waals surface area contributed by atoms with Gasteiger partial charge in [0.1, 0.15) is 12.4 Å². The molecule has 0 aliphatic heterocycles. The van der Waals surface area contributed by atoms with E-state index < -0.39 is 0 Å². The topological polar surface area (TPSA) is 35.5 Å². The summed E-state index contributed by atoms with van der Waals surface area (Å²) in [5.41, 5.74) is 2.18. The summed E-state index contributed by atoms with van der Waals surface area (Å²) in [6, 6.07) is 17.7. The molecule has 103 valence electrons. The van der Waals surface area contributed by atoms with E-state index in [9.17, 15) is 4.79 Å². The number of carbonyl (C=O) groups is 1. The molecular formula is C17H17O3. The Morgan fingerprint density at radius 3 is 2.35 bits per heavy atom. The van der Waals surface area contributed by atoms with Crippen molar-refractivity contribution in [3.8, 4) is 5.75 Å². The Kier molecular flexibility index (Phi) is 5.18. The van der Waals surface area contributed by atoms with Crippen LogP contribution < -0.4 is 4.74 Å². The SMILES string of the molecule is COC(=O)[CH]Cc1ccc(OCc2ccccc2)cc1. The summed E-state index contributed by atoms with van der Waals surface area (Å²) in [5, 5.41) is 0. The van der Waals surface area contributed by atoms with E-state index >= 15 is 0 Å². The Bertz CT molecular complexity index is 532. The van der Waals surface area contributed by atoms with E-state index in [1.165, 1.54) is 13.5 Å². The summed E-state index contributed by atoms with van der Waals surface area (Å²) < 4.78 is 10.3. The first-order valence-corrected chi connectivity index (χ1v) is 6.45. The fraction of sp³-hybridized carbons (Fsp3) is 0.176. The van der Waals surface area contributed by atoms with Crippen LogP contribution in [0.25, 0.3) is 0 Å². The van der Waals surface area contributed by atoms with Gasteiger partial charge in [-0.2, -0.15) is 0 Å². The lowest BCUT2D eigenvalue weighted by molar-refractivity contribution is -0.136. The number of carbonyl (C=O) groups excluding carboxylic acids is 1. The van der Waals surface area contributed by atoms with Gasteiger partial charge in [-0.1, -0.05) is 42.5 Å². The molecule has 0 heterocycles. The van der Waals surface area contributed by atoms with E-state index in [1.54, 1.807) is 0 Å². The quantitative estimate of drug-likeness (QED) is 0.755. The van der Waals surface area contributed by atoms with Crippen molar-refractivity contribution in [3.05, 3.63) is 72.1 Å². The van der Waals surface area contributed by atoms with E-state index in [4.69, 9.17) is 4.74 Å². The summed E-state index contributed by atoms with van der Waals surface area (Å²) in [6.07, 6.45) is 2.07. The van der Waals surface area contributed by atoms with E-state index in [0.717, 1.165) is 16.9 Å². The van der Waals surface area contributed by atoms with Crippen molar-refractivity contribution in [2.45, 2.75) is 13.0 Å². The molecule has 0 unspecified atom stereocenters. The Morgan fingerprint density at radius 2 is 1.70 bits per heavy atom. The van der Waals surface area contributed by atoms with Crippen LogP contribution in [0.2, 0.25) is 0 Å². The van der Waals surface area contributed by atoms with Crippen LogP contribution >= 0.6 is 0 Å². The van der Waals surface area contributed by atoms with Gasteiger partial charge in [0.25, 0.3) is 0 Å². The number of hydrogen-bond acceptors (Lipinski definition) is 3. The Morgan fingerprint density at radius 1 is 1.00 bits per heavy atom. The van der Waals surface area contributed by atoms with Gasteiger partial charge in [-0.05, 0) is 29.7 Å². The maximum atomic E-state index is 11.0. The van der Waals surface area contributed by atoms with Crippen LogP contribution in [0, 0.1) is 6.42 Å². The summed E-state index contributed by atoms with van der Waals surface area (Å²) >= 11 is 0. The van der Waals surface area contributed by atoms with Gasteiger partial charge in [0.15, 0.2) is 0 Å². The monoisotopic (exact) mass is 269 g/mol. The van der Waals surface area contributed by atoms with Crippen LogP contribution in [-0.4, -0.2) is 13.1 Å². The Hall–Kier alpha value is -2.29. The number of hydrogen-bond donors (Lipinski definition) is 0. The van der Waals surface area contributed by atoms with E-state index in [0.29, 0.717) is 13.0 Å². The molecule has 0 fully saturated rings. The van der Waals surface area contributed by atoms with Crippen LogP contribution in [0.5, 0.6) is 5.75 Å². The molecule has 2 aromatic rings. The minimum Gasteiger partial charge on any atom is -0.489 e. The maximum absolute atomic E-state index is 11.0. The van der Waals surface area contributed by atoms with Gasteiger partial charge in [0, 0.05) is 0 Å². The normalized spacial score (nSPS) is 10.1. The molecule has 2 aromatic carbocycles. The van der Waals surface area contributed by atoms with Gasteiger partial charge in [-0.3, -0.25) is 4.79 Å². The first-order chi connectivity index (χ1) is 9.78. The lowest BCUT2D eigenvalue weighted by Gasteiger charge is -2.07. The largest absolute Gasteiger partial charge is 0.489 e. The second-order valence-electron chi connectivity index (χ2n) is 4.35. The Labute approximate surface area is 119 Å². The molecular weight excluding hydrogens is 252 g/mol. The number of benzene rings is 2. The van der Waals surface area contributed by atoms with Crippen molar-refractivity contribution in [3.63, 3.8) is 0 Å². The molecule has 20 heavy (non-hydrogen) atoms. The van der Waals surface area contributed by atoms with E-state index in [1.807, 2.05) is 54.6 Å². The molecule has 0 aliphatic carbocycles. The standard InChI is InChI=1S/C17H17O3/c1-19-17(18)12-9-14-7-10-16(11-8-14)20-13-15-5-3-2-4-6-15/h2-8,10-12H,9,13H2,1H3. The fourth-order valence-corrected chi connectivity index (χ4v) is 1.75. The summed E-state index contributed by atoms with van der Waals surface area (Å²) in [7, 11) is 1.37. The van der Waals surface area contributed by atoms with Crippen molar-refractivity contribution < 1.29 is 14.3 Å². The third-order valence-corrected chi connectivity index (χ3v) is 2.88. The molecule has 0 saturated heterocycles. The van der Waals surface area contributed by atoms with Crippen molar-refractivity contribution in [1.29, 1.82) is 0 Å². The Balaban J connectivity index is 1.84. The van der Waals surface area contributed by atoms with Crippen molar-refractivity contribution in [2.24, 2.45) is 0 Å². The minimum absolute atomic E-state index is 0.311. The second kappa shape index (κ2) is 7.34. The average Bonchev–Trinajstić information content (AvgIpc) is 2.52. The maximum Gasteiger partial charge on any atom is 0.309 e. The molecule has 0 N–H and O–H groups in total. The predicted molar refractivity (Wildman–Crippen MR) is 77.2 cm³/mol. The molecule has 3 nitrogen and oxygen atoms in total. The number of rotatable bonds is 6. The van der Waals surface area contributed by atoms with Crippen molar-refractivity contribution >= 4 is 5.97 Å². The van der Waals surface area contributed by atoms with Gasteiger partial charge in [-0.15, -0.1) is 0 Å². The first-order valence-electron chi connectivity index (χ1n) is 6.45. The summed E-state index contributed by atoms with van der Waals surface area (Å²) in [5.74, 6) is 0.505. The van der Waals surface area contributed by atoms with Gasteiger partial charge in [0.05, 0.1) is 13.5 Å². The number of methoxy groups -OCH3 is 1. The summed E-state index contributed by atoms with van der Waals surface area (Å²) in [6.45, 7) is 0.550. The van der Waals surface area contributed by atoms with Crippen LogP contribution in [0.1, 0.15) is 11.1 Å². The number of esters is 1. The van der Waals surface area contributed by atoms with Crippen LogP contribution in [0.4, 0.5) is 0 Å². The zero-order valence-electron chi connectivity index (χ0n) is 11.4. The molecule has 0 aromatic heterocycles.